The van der Waals surface area contributed by atoms with Gasteiger partial charge >= 0.3 is 0 Å². The van der Waals surface area contributed by atoms with Crippen LogP contribution >= 0.6 is 0 Å². The van der Waals surface area contributed by atoms with Crippen LogP contribution in [0, 0.1) is 0 Å². The predicted molar refractivity (Wildman–Crippen MR) is 66.5 cm³/mol. The summed E-state index contributed by atoms with van der Waals surface area (Å²) in [5, 5.41) is 3.97. The molecule has 0 amide bonds. The average Bonchev–Trinajstić information content (AvgIpc) is 2.57. The number of hydrogen-bond donors (Lipinski definition) is 2. The number of nitrogen functional groups attached to an aromatic ring is 2. The van der Waals surface area contributed by atoms with E-state index in [1.165, 1.54) is 4.68 Å². The fourth-order valence-electron chi connectivity index (χ4n) is 1.67. The van der Waals surface area contributed by atoms with Gasteiger partial charge in [-0.25, -0.2) is 0 Å². The molecule has 0 fully saturated rings. The third-order valence-corrected chi connectivity index (χ3v) is 2.66. The van der Waals surface area contributed by atoms with Crippen molar-refractivity contribution in [1.29, 1.82) is 0 Å². The summed E-state index contributed by atoms with van der Waals surface area (Å²) in [5.74, 6) is 0.734. The molecule has 4 N–H and O–H groups in total. The summed E-state index contributed by atoms with van der Waals surface area (Å²) in [7, 11) is 1.70. The summed E-state index contributed by atoms with van der Waals surface area (Å²) in [6.07, 6.45) is 0.176. The van der Waals surface area contributed by atoms with Crippen LogP contribution in [0.15, 0.2) is 30.3 Å². The van der Waals surface area contributed by atoms with Gasteiger partial charge in [-0.1, -0.05) is 30.3 Å². The molecule has 5 nitrogen and oxygen atoms in total. The van der Waals surface area contributed by atoms with Crippen molar-refractivity contribution in [3.8, 4) is 0 Å². The third kappa shape index (κ3) is 2.13. The number of hydrogen-bond acceptors (Lipinski definition) is 4. The van der Waals surface area contributed by atoms with Gasteiger partial charge in [0, 0.05) is 24.6 Å². The molecule has 5 heteroatoms. The van der Waals surface area contributed by atoms with Gasteiger partial charge in [-0.2, -0.15) is 5.10 Å². The van der Waals surface area contributed by atoms with Crippen molar-refractivity contribution >= 4 is 17.4 Å². The molecule has 1 aromatic heterocycles. The number of carbonyl (C=O) groups excluding carboxylic acids is 1. The zero-order valence-corrected chi connectivity index (χ0v) is 9.55. The average molecular weight is 230 g/mol. The largest absolute Gasteiger partial charge is 0.384 e. The highest BCUT2D eigenvalue weighted by molar-refractivity contribution is 5.98. The second kappa shape index (κ2) is 4.29. The number of carbonyl (C=O) groups is 1. The molecule has 0 saturated heterocycles. The van der Waals surface area contributed by atoms with Crippen molar-refractivity contribution < 1.29 is 4.79 Å². The van der Waals surface area contributed by atoms with Crippen LogP contribution in [0.5, 0.6) is 0 Å². The molecular weight excluding hydrogens is 216 g/mol. The van der Waals surface area contributed by atoms with Gasteiger partial charge in [0.15, 0.2) is 11.6 Å². The Hall–Kier alpha value is -2.30. The van der Waals surface area contributed by atoms with E-state index in [-0.39, 0.29) is 12.2 Å². The van der Waals surface area contributed by atoms with Crippen LogP contribution < -0.4 is 11.5 Å². The maximum absolute atomic E-state index is 12.0. The smallest absolute Gasteiger partial charge is 0.167 e. The first-order chi connectivity index (χ1) is 8.09. The van der Waals surface area contributed by atoms with Crippen LogP contribution in [0.1, 0.15) is 15.9 Å². The second-order valence-corrected chi connectivity index (χ2v) is 3.84. The lowest BCUT2D eigenvalue weighted by Gasteiger charge is -2.01. The number of nitrogens with two attached hydrogens (primary N) is 2. The van der Waals surface area contributed by atoms with Crippen molar-refractivity contribution in [2.45, 2.75) is 6.42 Å². The summed E-state index contributed by atoms with van der Waals surface area (Å²) < 4.78 is 1.48. The first-order valence-corrected chi connectivity index (χ1v) is 5.24. The van der Waals surface area contributed by atoms with Gasteiger partial charge < -0.3 is 11.5 Å². The van der Waals surface area contributed by atoms with Gasteiger partial charge in [-0.05, 0) is 0 Å². The lowest BCUT2D eigenvalue weighted by Crippen LogP contribution is -2.07. The van der Waals surface area contributed by atoms with Crippen molar-refractivity contribution in [2.75, 3.05) is 11.5 Å². The normalized spacial score (nSPS) is 10.4. The number of benzene rings is 1. The van der Waals surface area contributed by atoms with Crippen molar-refractivity contribution in [3.05, 3.63) is 41.5 Å². The fraction of sp³-hybridized carbons (Fsp3) is 0.167. The van der Waals surface area contributed by atoms with Crippen molar-refractivity contribution in [3.63, 3.8) is 0 Å². The summed E-state index contributed by atoms with van der Waals surface area (Å²) >= 11 is 0. The molecule has 0 unspecified atom stereocenters. The molecule has 0 atom stereocenters. The van der Waals surface area contributed by atoms with Gasteiger partial charge in [0.1, 0.15) is 5.82 Å². The third-order valence-electron chi connectivity index (χ3n) is 2.66. The molecule has 88 valence electrons. The molecule has 0 bridgehead atoms. The Morgan fingerprint density at radius 2 is 1.94 bits per heavy atom. The summed E-state index contributed by atoms with van der Waals surface area (Å²) in [6.45, 7) is 0. The number of nitrogens with zero attached hydrogens (tertiary/aromatic N) is 2. The number of aromatic nitrogens is 2. The van der Waals surface area contributed by atoms with Crippen LogP contribution in [-0.2, 0) is 13.5 Å². The van der Waals surface area contributed by atoms with Crippen LogP contribution in [0.2, 0.25) is 0 Å². The van der Waals surface area contributed by atoms with E-state index in [0.717, 1.165) is 0 Å². The Morgan fingerprint density at radius 1 is 1.29 bits per heavy atom. The number of ketones is 1. The number of aryl methyl sites for hydroxylation is 1. The highest BCUT2D eigenvalue weighted by Gasteiger charge is 2.15. The molecule has 2 aromatic rings. The minimum Gasteiger partial charge on any atom is -0.384 e. The molecular formula is C12H14N4O. The second-order valence-electron chi connectivity index (χ2n) is 3.84. The Labute approximate surface area is 99.0 Å². The first kappa shape index (κ1) is 11.2. The summed E-state index contributed by atoms with van der Waals surface area (Å²) in [6, 6.07) is 9.05. The predicted octanol–water partition coefficient (Wildman–Crippen LogP) is 1.01. The van der Waals surface area contributed by atoms with E-state index in [0.29, 0.717) is 22.8 Å². The molecule has 0 aliphatic carbocycles. The lowest BCUT2D eigenvalue weighted by atomic mass is 10.0. The quantitative estimate of drug-likeness (QED) is 0.770. The van der Waals surface area contributed by atoms with Crippen molar-refractivity contribution in [2.24, 2.45) is 7.05 Å². The number of anilines is 2. The van der Waals surface area contributed by atoms with Gasteiger partial charge in [-0.15, -0.1) is 0 Å². The maximum Gasteiger partial charge on any atom is 0.167 e. The molecule has 1 heterocycles. The van der Waals surface area contributed by atoms with E-state index < -0.39 is 0 Å². The van der Waals surface area contributed by atoms with Crippen LogP contribution in [0.3, 0.4) is 0 Å². The Bertz CT molecular complexity index is 545. The molecule has 0 radical (unpaired) electrons. The summed E-state index contributed by atoms with van der Waals surface area (Å²) in [5.41, 5.74) is 12.7. The molecule has 0 spiro atoms. The molecule has 2 rings (SSSR count). The zero-order valence-electron chi connectivity index (χ0n) is 9.55. The van der Waals surface area contributed by atoms with Gasteiger partial charge in [0.05, 0.1) is 0 Å². The van der Waals surface area contributed by atoms with Crippen LogP contribution in [-0.4, -0.2) is 15.6 Å². The first-order valence-electron chi connectivity index (χ1n) is 5.24. The Kier molecular flexibility index (Phi) is 2.82. The van der Waals surface area contributed by atoms with Crippen LogP contribution in [0.4, 0.5) is 11.6 Å². The van der Waals surface area contributed by atoms with E-state index in [4.69, 9.17) is 11.5 Å². The van der Waals surface area contributed by atoms with E-state index in [9.17, 15) is 4.79 Å². The Balaban J connectivity index is 2.25. The minimum atomic E-state index is -0.0167. The molecule has 0 aliphatic heterocycles. The molecule has 17 heavy (non-hydrogen) atoms. The lowest BCUT2D eigenvalue weighted by molar-refractivity contribution is 0.0993. The van der Waals surface area contributed by atoms with E-state index in [1.54, 1.807) is 19.2 Å². The standard InChI is InChI=1S/C12H14N4O/c1-16-12(14)9(11(13)15-16)7-10(17)8-5-3-2-4-6-8/h2-6H,7,14H2,1H3,(H2,13,15). The fourth-order valence-corrected chi connectivity index (χ4v) is 1.67. The highest BCUT2D eigenvalue weighted by atomic mass is 16.1. The SMILES string of the molecule is Cn1nc(N)c(CC(=O)c2ccccc2)c1N. The van der Waals surface area contributed by atoms with E-state index in [1.807, 2.05) is 18.2 Å². The molecule has 1 aromatic carbocycles. The summed E-state index contributed by atoms with van der Waals surface area (Å²) in [4.78, 5) is 12.0. The zero-order chi connectivity index (χ0) is 12.4. The van der Waals surface area contributed by atoms with Gasteiger partial charge in [0.2, 0.25) is 0 Å². The monoisotopic (exact) mass is 230 g/mol. The number of Topliss-reactive ketones (excluding diaryl/α,β-unsaturated/α-hetero) is 1. The topological polar surface area (TPSA) is 86.9 Å². The van der Waals surface area contributed by atoms with E-state index >= 15 is 0 Å². The van der Waals surface area contributed by atoms with Crippen molar-refractivity contribution in [1.82, 2.24) is 9.78 Å². The Morgan fingerprint density at radius 3 is 2.47 bits per heavy atom. The maximum atomic E-state index is 12.0. The number of rotatable bonds is 3. The molecule has 0 aliphatic rings. The molecule has 0 saturated carbocycles. The van der Waals surface area contributed by atoms with Gasteiger partial charge in [0.25, 0.3) is 0 Å². The highest BCUT2D eigenvalue weighted by Crippen LogP contribution is 2.20. The van der Waals surface area contributed by atoms with Gasteiger partial charge in [-0.3, -0.25) is 9.48 Å². The van der Waals surface area contributed by atoms with Crippen LogP contribution in [0.25, 0.3) is 0 Å². The van der Waals surface area contributed by atoms with E-state index in [2.05, 4.69) is 5.10 Å². The minimum absolute atomic E-state index is 0.0167.